The minimum Gasteiger partial charge on any atom is -0.490 e. The molecule has 1 aliphatic heterocycles. The number of nitrogens with zero attached hydrogens (tertiary/aromatic N) is 1. The van der Waals surface area contributed by atoms with Crippen LogP contribution in [0.25, 0.3) is 0 Å². The predicted molar refractivity (Wildman–Crippen MR) is 125 cm³/mol. The van der Waals surface area contributed by atoms with Gasteiger partial charge < -0.3 is 14.8 Å². The Balaban J connectivity index is 1.52. The Morgan fingerprint density at radius 2 is 1.71 bits per heavy atom. The van der Waals surface area contributed by atoms with E-state index in [-0.39, 0.29) is 17.9 Å². The maximum Gasteiger partial charge on any atom is 0.223 e. The lowest BCUT2D eigenvalue weighted by Gasteiger charge is -2.32. The van der Waals surface area contributed by atoms with Gasteiger partial charge in [0.15, 0.2) is 11.5 Å². The molecule has 1 amide bonds. The number of carbonyl (C=O) groups is 1. The van der Waals surface area contributed by atoms with Gasteiger partial charge in [-0.1, -0.05) is 29.8 Å². The Morgan fingerprint density at radius 3 is 2.35 bits per heavy atom. The van der Waals surface area contributed by atoms with Crippen molar-refractivity contribution in [3.63, 3.8) is 0 Å². The average Bonchev–Trinajstić information content (AvgIpc) is 2.77. The smallest absolute Gasteiger partial charge is 0.223 e. The lowest BCUT2D eigenvalue weighted by molar-refractivity contribution is -0.127. The SMILES string of the molecule is CCOc1ccc([C@@H](C)NC(=O)C2CCN(Cc3ccc(Cl)cc3)CC2)cc1OCC. The molecule has 3 rings (SSSR count). The van der Waals surface area contributed by atoms with Crippen LogP contribution < -0.4 is 14.8 Å². The van der Waals surface area contributed by atoms with E-state index in [4.69, 9.17) is 21.1 Å². The van der Waals surface area contributed by atoms with E-state index in [9.17, 15) is 4.79 Å². The lowest BCUT2D eigenvalue weighted by atomic mass is 9.94. The summed E-state index contributed by atoms with van der Waals surface area (Å²) in [5.41, 5.74) is 2.27. The maximum atomic E-state index is 12.9. The Hall–Kier alpha value is -2.24. The van der Waals surface area contributed by atoms with Gasteiger partial charge in [0, 0.05) is 17.5 Å². The van der Waals surface area contributed by atoms with Gasteiger partial charge in [0.05, 0.1) is 19.3 Å². The number of piperidine rings is 1. The van der Waals surface area contributed by atoms with E-state index in [2.05, 4.69) is 22.3 Å². The van der Waals surface area contributed by atoms with Crippen molar-refractivity contribution in [2.75, 3.05) is 26.3 Å². The zero-order valence-electron chi connectivity index (χ0n) is 18.7. The first-order valence-electron chi connectivity index (χ1n) is 11.2. The normalized spacial score (nSPS) is 16.0. The van der Waals surface area contributed by atoms with Crippen LogP contribution in [0.5, 0.6) is 11.5 Å². The second-order valence-corrected chi connectivity index (χ2v) is 8.42. The molecule has 0 spiro atoms. The van der Waals surface area contributed by atoms with E-state index in [1.165, 1.54) is 5.56 Å². The predicted octanol–water partition coefficient (Wildman–Crippen LogP) is 5.23. The molecule has 1 aliphatic rings. The molecule has 6 heteroatoms. The van der Waals surface area contributed by atoms with Crippen LogP contribution in [0.2, 0.25) is 5.02 Å². The van der Waals surface area contributed by atoms with Crippen molar-refractivity contribution in [2.45, 2.75) is 46.2 Å². The van der Waals surface area contributed by atoms with Crippen LogP contribution in [0, 0.1) is 5.92 Å². The molecule has 0 radical (unpaired) electrons. The number of hydrogen-bond acceptors (Lipinski definition) is 4. The minimum atomic E-state index is -0.0884. The summed E-state index contributed by atoms with van der Waals surface area (Å²) in [6, 6.07) is 13.8. The Morgan fingerprint density at radius 1 is 1.06 bits per heavy atom. The maximum absolute atomic E-state index is 12.9. The van der Waals surface area contributed by atoms with Crippen LogP contribution in [0.15, 0.2) is 42.5 Å². The molecule has 1 atom stereocenters. The monoisotopic (exact) mass is 444 g/mol. The van der Waals surface area contributed by atoms with Crippen molar-refractivity contribution in [2.24, 2.45) is 5.92 Å². The first kappa shape index (κ1) is 23.4. The number of halogens is 1. The van der Waals surface area contributed by atoms with Gasteiger partial charge in [0.1, 0.15) is 0 Å². The third-order valence-corrected chi connectivity index (χ3v) is 5.96. The minimum absolute atomic E-state index is 0.0537. The van der Waals surface area contributed by atoms with E-state index in [1.807, 2.05) is 51.1 Å². The zero-order chi connectivity index (χ0) is 22.2. The molecule has 0 aliphatic carbocycles. The highest BCUT2D eigenvalue weighted by Crippen LogP contribution is 2.31. The standard InChI is InChI=1S/C25H33ClN2O3/c1-4-30-23-11-8-21(16-24(23)31-5-2)18(3)27-25(29)20-12-14-28(15-13-20)17-19-6-9-22(26)10-7-19/h6-11,16,18,20H,4-5,12-15,17H2,1-3H3,(H,27,29)/t18-/m1/s1. The Bertz CT molecular complexity index is 848. The third-order valence-electron chi connectivity index (χ3n) is 5.70. The summed E-state index contributed by atoms with van der Waals surface area (Å²) < 4.78 is 11.4. The molecule has 1 N–H and O–H groups in total. The molecule has 1 fully saturated rings. The first-order chi connectivity index (χ1) is 15.0. The highest BCUT2D eigenvalue weighted by atomic mass is 35.5. The van der Waals surface area contributed by atoms with E-state index >= 15 is 0 Å². The number of benzene rings is 2. The summed E-state index contributed by atoms with van der Waals surface area (Å²) >= 11 is 5.97. The van der Waals surface area contributed by atoms with Gasteiger partial charge in [0.25, 0.3) is 0 Å². The number of hydrogen-bond donors (Lipinski definition) is 1. The fourth-order valence-electron chi connectivity index (χ4n) is 3.95. The van der Waals surface area contributed by atoms with Crippen LogP contribution in [0.3, 0.4) is 0 Å². The molecule has 0 bridgehead atoms. The molecule has 1 saturated heterocycles. The molecule has 0 unspecified atom stereocenters. The topological polar surface area (TPSA) is 50.8 Å². The van der Waals surface area contributed by atoms with Crippen molar-refractivity contribution in [1.82, 2.24) is 10.2 Å². The van der Waals surface area contributed by atoms with Crippen LogP contribution >= 0.6 is 11.6 Å². The van der Waals surface area contributed by atoms with Crippen LogP contribution in [0.4, 0.5) is 0 Å². The summed E-state index contributed by atoms with van der Waals surface area (Å²) in [6.07, 6.45) is 1.75. The summed E-state index contributed by atoms with van der Waals surface area (Å²) in [4.78, 5) is 15.3. The van der Waals surface area contributed by atoms with Crippen molar-refractivity contribution in [3.8, 4) is 11.5 Å². The number of nitrogens with one attached hydrogen (secondary N) is 1. The largest absolute Gasteiger partial charge is 0.490 e. The van der Waals surface area contributed by atoms with Crippen LogP contribution in [-0.2, 0) is 11.3 Å². The Labute approximate surface area is 190 Å². The molecule has 1 heterocycles. The van der Waals surface area contributed by atoms with Gasteiger partial charge >= 0.3 is 0 Å². The van der Waals surface area contributed by atoms with E-state index in [1.54, 1.807) is 0 Å². The number of amides is 1. The number of rotatable bonds is 9. The van der Waals surface area contributed by atoms with Gasteiger partial charge in [-0.05, 0) is 82.1 Å². The summed E-state index contributed by atoms with van der Waals surface area (Å²) in [5, 5.41) is 3.95. The highest BCUT2D eigenvalue weighted by Gasteiger charge is 2.26. The molecular formula is C25H33ClN2O3. The van der Waals surface area contributed by atoms with Gasteiger partial charge in [-0.15, -0.1) is 0 Å². The lowest BCUT2D eigenvalue weighted by Crippen LogP contribution is -2.40. The van der Waals surface area contributed by atoms with Crippen molar-refractivity contribution in [1.29, 1.82) is 0 Å². The molecule has 2 aromatic rings. The van der Waals surface area contributed by atoms with Crippen molar-refractivity contribution in [3.05, 3.63) is 58.6 Å². The van der Waals surface area contributed by atoms with E-state index in [0.717, 1.165) is 54.6 Å². The fraction of sp³-hybridized carbons (Fsp3) is 0.480. The van der Waals surface area contributed by atoms with Crippen molar-refractivity contribution >= 4 is 17.5 Å². The van der Waals surface area contributed by atoms with Crippen LogP contribution in [0.1, 0.15) is 50.8 Å². The second kappa shape index (κ2) is 11.4. The van der Waals surface area contributed by atoms with E-state index < -0.39 is 0 Å². The van der Waals surface area contributed by atoms with Crippen LogP contribution in [-0.4, -0.2) is 37.1 Å². The number of carbonyl (C=O) groups excluding carboxylic acids is 1. The van der Waals surface area contributed by atoms with Gasteiger partial charge in [-0.25, -0.2) is 0 Å². The van der Waals surface area contributed by atoms with E-state index in [0.29, 0.717) is 13.2 Å². The molecule has 5 nitrogen and oxygen atoms in total. The summed E-state index contributed by atoms with van der Waals surface area (Å²) in [6.45, 7) is 9.81. The quantitative estimate of drug-likeness (QED) is 0.575. The molecule has 0 saturated carbocycles. The molecule has 2 aromatic carbocycles. The highest BCUT2D eigenvalue weighted by molar-refractivity contribution is 6.30. The molecule has 168 valence electrons. The van der Waals surface area contributed by atoms with Crippen molar-refractivity contribution < 1.29 is 14.3 Å². The summed E-state index contributed by atoms with van der Waals surface area (Å²) in [5.74, 6) is 1.64. The summed E-state index contributed by atoms with van der Waals surface area (Å²) in [7, 11) is 0. The zero-order valence-corrected chi connectivity index (χ0v) is 19.5. The third kappa shape index (κ3) is 6.62. The first-order valence-corrected chi connectivity index (χ1v) is 11.5. The second-order valence-electron chi connectivity index (χ2n) is 7.98. The van der Waals surface area contributed by atoms with Gasteiger partial charge in [-0.2, -0.15) is 0 Å². The van der Waals surface area contributed by atoms with Gasteiger partial charge in [0.2, 0.25) is 5.91 Å². The average molecular weight is 445 g/mol. The van der Waals surface area contributed by atoms with Gasteiger partial charge in [-0.3, -0.25) is 9.69 Å². The Kier molecular flexibility index (Phi) is 8.61. The fourth-order valence-corrected chi connectivity index (χ4v) is 4.08. The number of likely N-dealkylation sites (tertiary alicyclic amines) is 1. The molecule has 0 aromatic heterocycles. The molecular weight excluding hydrogens is 412 g/mol. The molecule has 31 heavy (non-hydrogen) atoms. The number of ether oxygens (including phenoxy) is 2.